The van der Waals surface area contributed by atoms with Gasteiger partial charge in [0, 0.05) is 25.3 Å². The van der Waals surface area contributed by atoms with Crippen molar-refractivity contribution in [3.63, 3.8) is 0 Å². The molecule has 0 bridgehead atoms. The standard InChI is InChI=1S/C16H23N3O3/c1-16(2,3)22-15(21)18-12-7-10-19(11-8-12)14(20)13-6-4-5-9-17-13/h4-6,9,12H,7-8,10-11H2,1-3H3,(H,18,21). The number of piperidine rings is 1. The van der Waals surface area contributed by atoms with Crippen LogP contribution >= 0.6 is 0 Å². The minimum Gasteiger partial charge on any atom is -0.444 e. The van der Waals surface area contributed by atoms with Gasteiger partial charge in [-0.25, -0.2) is 4.79 Å². The lowest BCUT2D eigenvalue weighted by atomic mass is 10.0. The van der Waals surface area contributed by atoms with Crippen molar-refractivity contribution in [1.29, 1.82) is 0 Å². The van der Waals surface area contributed by atoms with Gasteiger partial charge < -0.3 is 15.0 Å². The number of pyridine rings is 1. The molecule has 0 unspecified atom stereocenters. The van der Waals surface area contributed by atoms with E-state index < -0.39 is 11.7 Å². The molecular weight excluding hydrogens is 282 g/mol. The van der Waals surface area contributed by atoms with Crippen molar-refractivity contribution in [1.82, 2.24) is 15.2 Å². The first-order valence-electron chi connectivity index (χ1n) is 7.55. The third-order valence-corrected chi connectivity index (χ3v) is 3.39. The maximum Gasteiger partial charge on any atom is 0.407 e. The molecule has 2 heterocycles. The fraction of sp³-hybridized carbons (Fsp3) is 0.562. The summed E-state index contributed by atoms with van der Waals surface area (Å²) in [5.74, 6) is -0.0590. The van der Waals surface area contributed by atoms with Crippen molar-refractivity contribution >= 4 is 12.0 Å². The van der Waals surface area contributed by atoms with E-state index in [9.17, 15) is 9.59 Å². The average Bonchev–Trinajstić information content (AvgIpc) is 2.46. The lowest BCUT2D eigenvalue weighted by Crippen LogP contribution is -2.47. The molecule has 2 rings (SSSR count). The fourth-order valence-corrected chi connectivity index (χ4v) is 2.35. The third kappa shape index (κ3) is 4.72. The number of ether oxygens (including phenoxy) is 1. The zero-order chi connectivity index (χ0) is 16.2. The van der Waals surface area contributed by atoms with Crippen LogP contribution < -0.4 is 5.32 Å². The SMILES string of the molecule is CC(C)(C)OC(=O)NC1CCN(C(=O)c2ccccn2)CC1. The highest BCUT2D eigenvalue weighted by Crippen LogP contribution is 2.14. The monoisotopic (exact) mass is 305 g/mol. The van der Waals surface area contributed by atoms with Crippen LogP contribution in [0, 0.1) is 0 Å². The van der Waals surface area contributed by atoms with E-state index in [1.54, 1.807) is 29.3 Å². The third-order valence-electron chi connectivity index (χ3n) is 3.39. The minimum atomic E-state index is -0.500. The maximum atomic E-state index is 12.3. The van der Waals surface area contributed by atoms with Crippen LogP contribution in [0.3, 0.4) is 0 Å². The van der Waals surface area contributed by atoms with Gasteiger partial charge in [0.15, 0.2) is 0 Å². The number of hydrogen-bond donors (Lipinski definition) is 1. The molecule has 0 atom stereocenters. The van der Waals surface area contributed by atoms with Crippen LogP contribution in [-0.4, -0.2) is 46.6 Å². The van der Waals surface area contributed by atoms with E-state index in [-0.39, 0.29) is 11.9 Å². The van der Waals surface area contributed by atoms with Gasteiger partial charge in [0.25, 0.3) is 5.91 Å². The van der Waals surface area contributed by atoms with Crippen LogP contribution in [0.4, 0.5) is 4.79 Å². The topological polar surface area (TPSA) is 71.5 Å². The molecule has 120 valence electrons. The molecule has 2 amide bonds. The van der Waals surface area contributed by atoms with Crippen molar-refractivity contribution in [2.45, 2.75) is 45.3 Å². The van der Waals surface area contributed by atoms with Crippen molar-refractivity contribution in [3.05, 3.63) is 30.1 Å². The Balaban J connectivity index is 1.81. The van der Waals surface area contributed by atoms with Crippen molar-refractivity contribution < 1.29 is 14.3 Å². The summed E-state index contributed by atoms with van der Waals surface area (Å²) in [6.45, 7) is 6.72. The Labute approximate surface area is 130 Å². The Morgan fingerprint density at radius 3 is 2.50 bits per heavy atom. The number of likely N-dealkylation sites (tertiary alicyclic amines) is 1. The van der Waals surface area contributed by atoms with Gasteiger partial charge in [-0.2, -0.15) is 0 Å². The van der Waals surface area contributed by atoms with Crippen LogP contribution in [0.5, 0.6) is 0 Å². The highest BCUT2D eigenvalue weighted by molar-refractivity contribution is 5.92. The van der Waals surface area contributed by atoms with E-state index in [1.807, 2.05) is 20.8 Å². The molecule has 0 aliphatic carbocycles. The van der Waals surface area contributed by atoms with E-state index >= 15 is 0 Å². The number of nitrogens with zero attached hydrogens (tertiary/aromatic N) is 2. The molecule has 1 aromatic rings. The van der Waals surface area contributed by atoms with Gasteiger partial charge in [0.1, 0.15) is 11.3 Å². The first-order valence-corrected chi connectivity index (χ1v) is 7.55. The molecular formula is C16H23N3O3. The zero-order valence-electron chi connectivity index (χ0n) is 13.3. The van der Waals surface area contributed by atoms with Gasteiger partial charge in [0.2, 0.25) is 0 Å². The number of amides is 2. The van der Waals surface area contributed by atoms with Crippen LogP contribution in [0.25, 0.3) is 0 Å². The van der Waals surface area contributed by atoms with E-state index in [0.717, 1.165) is 12.8 Å². The molecule has 1 fully saturated rings. The number of carbonyl (C=O) groups excluding carboxylic acids is 2. The predicted octanol–water partition coefficient (Wildman–Crippen LogP) is 2.21. The van der Waals surface area contributed by atoms with Crippen LogP contribution in [0.2, 0.25) is 0 Å². The predicted molar refractivity (Wildman–Crippen MR) is 82.5 cm³/mol. The Bertz CT molecular complexity index is 517. The molecule has 6 nitrogen and oxygen atoms in total. The molecule has 1 saturated heterocycles. The zero-order valence-corrected chi connectivity index (χ0v) is 13.3. The largest absolute Gasteiger partial charge is 0.444 e. The highest BCUT2D eigenvalue weighted by atomic mass is 16.6. The first kappa shape index (κ1) is 16.3. The first-order chi connectivity index (χ1) is 10.3. The van der Waals surface area contributed by atoms with E-state index in [2.05, 4.69) is 10.3 Å². The quantitative estimate of drug-likeness (QED) is 0.909. The summed E-state index contributed by atoms with van der Waals surface area (Å²) < 4.78 is 5.24. The van der Waals surface area contributed by atoms with Crippen LogP contribution in [0.1, 0.15) is 44.1 Å². The Morgan fingerprint density at radius 1 is 1.27 bits per heavy atom. The number of hydrogen-bond acceptors (Lipinski definition) is 4. The van der Waals surface area contributed by atoms with Gasteiger partial charge in [-0.3, -0.25) is 9.78 Å². The Kier molecular flexibility index (Phi) is 5.00. The molecule has 22 heavy (non-hydrogen) atoms. The van der Waals surface area contributed by atoms with Crippen molar-refractivity contribution in [2.75, 3.05) is 13.1 Å². The number of rotatable bonds is 2. The molecule has 1 aliphatic rings. The smallest absolute Gasteiger partial charge is 0.407 e. The summed E-state index contributed by atoms with van der Waals surface area (Å²) in [5, 5.41) is 2.86. The number of aromatic nitrogens is 1. The Hall–Kier alpha value is -2.11. The van der Waals surface area contributed by atoms with E-state index in [0.29, 0.717) is 18.8 Å². The maximum absolute atomic E-state index is 12.3. The summed E-state index contributed by atoms with van der Waals surface area (Å²) in [5.41, 5.74) is -0.0410. The second-order valence-corrected chi connectivity index (χ2v) is 6.43. The van der Waals surface area contributed by atoms with E-state index in [1.165, 1.54) is 0 Å². The van der Waals surface area contributed by atoms with Crippen molar-refractivity contribution in [2.24, 2.45) is 0 Å². The summed E-state index contributed by atoms with van der Waals surface area (Å²) in [4.78, 5) is 29.9. The van der Waals surface area contributed by atoms with Gasteiger partial charge in [-0.15, -0.1) is 0 Å². The summed E-state index contributed by atoms with van der Waals surface area (Å²) in [7, 11) is 0. The molecule has 1 aromatic heterocycles. The summed E-state index contributed by atoms with van der Waals surface area (Å²) in [6, 6.07) is 5.35. The molecule has 1 N–H and O–H groups in total. The normalized spacial score (nSPS) is 16.2. The van der Waals surface area contributed by atoms with Crippen LogP contribution in [0.15, 0.2) is 24.4 Å². The minimum absolute atomic E-state index is 0.0441. The van der Waals surface area contributed by atoms with E-state index in [4.69, 9.17) is 4.74 Å². The summed E-state index contributed by atoms with van der Waals surface area (Å²) in [6.07, 6.45) is 2.65. The Morgan fingerprint density at radius 2 is 1.95 bits per heavy atom. The molecule has 0 aromatic carbocycles. The molecule has 6 heteroatoms. The number of alkyl carbamates (subject to hydrolysis) is 1. The second-order valence-electron chi connectivity index (χ2n) is 6.43. The summed E-state index contributed by atoms with van der Waals surface area (Å²) >= 11 is 0. The molecule has 0 radical (unpaired) electrons. The van der Waals surface area contributed by atoms with Gasteiger partial charge in [-0.1, -0.05) is 6.07 Å². The highest BCUT2D eigenvalue weighted by Gasteiger charge is 2.26. The molecule has 0 spiro atoms. The second kappa shape index (κ2) is 6.77. The fourth-order valence-electron chi connectivity index (χ4n) is 2.35. The lowest BCUT2D eigenvalue weighted by molar-refractivity contribution is 0.0473. The van der Waals surface area contributed by atoms with Crippen LogP contribution in [-0.2, 0) is 4.74 Å². The molecule has 1 aliphatic heterocycles. The number of carbonyl (C=O) groups is 2. The van der Waals surface area contributed by atoms with Gasteiger partial charge in [0.05, 0.1) is 0 Å². The van der Waals surface area contributed by atoms with Gasteiger partial charge in [-0.05, 0) is 45.7 Å². The lowest BCUT2D eigenvalue weighted by Gasteiger charge is -2.32. The number of nitrogens with one attached hydrogen (secondary N) is 1. The molecule has 0 saturated carbocycles. The van der Waals surface area contributed by atoms with Gasteiger partial charge >= 0.3 is 6.09 Å². The average molecular weight is 305 g/mol. The van der Waals surface area contributed by atoms with Crippen molar-refractivity contribution in [3.8, 4) is 0 Å².